The Hall–Kier alpha value is -3.29. The van der Waals surface area contributed by atoms with Crippen molar-refractivity contribution in [3.63, 3.8) is 0 Å². The van der Waals surface area contributed by atoms with Crippen molar-refractivity contribution in [3.8, 4) is 0 Å². The summed E-state index contributed by atoms with van der Waals surface area (Å²) in [5.74, 6) is 1.84. The lowest BCUT2D eigenvalue weighted by atomic mass is 9.94. The van der Waals surface area contributed by atoms with Crippen LogP contribution in [0.25, 0.3) is 0 Å². The Kier molecular flexibility index (Phi) is 8.52. The number of urea groups is 1. The number of oxazole rings is 1. The topological polar surface area (TPSA) is 134 Å². The van der Waals surface area contributed by atoms with E-state index >= 15 is 0 Å². The van der Waals surface area contributed by atoms with Gasteiger partial charge in [0, 0.05) is 30.8 Å². The van der Waals surface area contributed by atoms with Gasteiger partial charge in [-0.1, -0.05) is 32.1 Å². The number of piperidine rings is 1. The Morgan fingerprint density at radius 1 is 1.12 bits per heavy atom. The molecule has 2 aliphatic heterocycles. The highest BCUT2D eigenvalue weighted by molar-refractivity contribution is 8.00. The Morgan fingerprint density at radius 2 is 1.93 bits per heavy atom. The maximum absolute atomic E-state index is 12.9. The highest BCUT2D eigenvalue weighted by Gasteiger charge is 2.27. The molecular formula is C27H33N7O4S2. The summed E-state index contributed by atoms with van der Waals surface area (Å²) < 4.78 is 6.85. The molecule has 3 aromatic heterocycles. The molecule has 2 saturated heterocycles. The van der Waals surface area contributed by atoms with Crippen LogP contribution in [0.5, 0.6) is 0 Å². The van der Waals surface area contributed by atoms with E-state index in [0.717, 1.165) is 41.6 Å². The van der Waals surface area contributed by atoms with Crippen LogP contribution >= 0.6 is 23.1 Å². The number of aromatic nitrogens is 3. The molecule has 5 rings (SSSR count). The summed E-state index contributed by atoms with van der Waals surface area (Å²) in [6, 6.07) is 3.34. The molecule has 0 unspecified atom stereocenters. The summed E-state index contributed by atoms with van der Waals surface area (Å²) in [6.45, 7) is 8.89. The smallest absolute Gasteiger partial charge is 0.328 e. The Labute approximate surface area is 241 Å². The monoisotopic (exact) mass is 583 g/mol. The quantitative estimate of drug-likeness (QED) is 0.370. The van der Waals surface area contributed by atoms with Crippen LogP contribution in [0, 0.1) is 5.92 Å². The first-order valence-corrected chi connectivity index (χ1v) is 15.1. The van der Waals surface area contributed by atoms with E-state index in [1.807, 2.05) is 12.1 Å². The molecule has 3 aromatic rings. The normalized spacial score (nSPS) is 17.2. The lowest BCUT2D eigenvalue weighted by molar-refractivity contribution is -0.121. The molecule has 0 radical (unpaired) electrons. The van der Waals surface area contributed by atoms with Crippen molar-refractivity contribution in [1.82, 2.24) is 25.2 Å². The summed E-state index contributed by atoms with van der Waals surface area (Å²) in [7, 11) is 0. The summed E-state index contributed by atoms with van der Waals surface area (Å²) in [6.07, 6.45) is 7.03. The molecule has 13 heteroatoms. The third-order valence-electron chi connectivity index (χ3n) is 6.86. The van der Waals surface area contributed by atoms with E-state index in [0.29, 0.717) is 35.6 Å². The molecule has 4 amide bonds. The molecule has 0 bridgehead atoms. The van der Waals surface area contributed by atoms with E-state index in [1.54, 1.807) is 30.4 Å². The average molecular weight is 584 g/mol. The third-order valence-corrected chi connectivity index (χ3v) is 8.96. The minimum atomic E-state index is -0.417. The van der Waals surface area contributed by atoms with Crippen LogP contribution in [0.1, 0.15) is 57.4 Å². The van der Waals surface area contributed by atoms with Crippen molar-refractivity contribution in [2.75, 3.05) is 29.9 Å². The zero-order valence-corrected chi connectivity index (χ0v) is 24.4. The summed E-state index contributed by atoms with van der Waals surface area (Å²) in [5.41, 5.74) is 1.49. The summed E-state index contributed by atoms with van der Waals surface area (Å²) >= 11 is 3.05. The molecule has 0 aliphatic carbocycles. The Morgan fingerprint density at radius 3 is 2.60 bits per heavy atom. The molecular weight excluding hydrogens is 550 g/mol. The number of hydrogen-bond acceptors (Lipinski definition) is 10. The summed E-state index contributed by atoms with van der Waals surface area (Å²) in [5, 5.41) is 5.92. The molecule has 0 spiro atoms. The molecule has 5 heterocycles. The van der Waals surface area contributed by atoms with Gasteiger partial charge in [-0.15, -0.1) is 11.8 Å². The van der Waals surface area contributed by atoms with Crippen LogP contribution in [0.3, 0.4) is 0 Å². The van der Waals surface area contributed by atoms with Gasteiger partial charge in [0.2, 0.25) is 17.7 Å². The molecule has 0 atom stereocenters. The van der Waals surface area contributed by atoms with Crippen molar-refractivity contribution in [3.05, 3.63) is 48.1 Å². The zero-order valence-electron chi connectivity index (χ0n) is 22.8. The molecule has 11 nitrogen and oxygen atoms in total. The Bertz CT molecular complexity index is 1360. The van der Waals surface area contributed by atoms with Gasteiger partial charge < -0.3 is 9.73 Å². The molecule has 0 saturated carbocycles. The van der Waals surface area contributed by atoms with Crippen LogP contribution in [0.15, 0.2) is 39.3 Å². The third kappa shape index (κ3) is 7.07. The van der Waals surface area contributed by atoms with Gasteiger partial charge in [0.05, 0.1) is 39.9 Å². The largest absolute Gasteiger partial charge is 0.444 e. The maximum Gasteiger partial charge on any atom is 0.328 e. The van der Waals surface area contributed by atoms with E-state index in [4.69, 9.17) is 4.42 Å². The van der Waals surface area contributed by atoms with Crippen LogP contribution in [-0.4, -0.2) is 57.3 Å². The van der Waals surface area contributed by atoms with Crippen LogP contribution in [-0.2, 0) is 27.3 Å². The number of carbonyl (C=O) groups is 3. The van der Waals surface area contributed by atoms with Gasteiger partial charge in [0.15, 0.2) is 5.13 Å². The number of hydrogen-bond donors (Lipinski definition) is 2. The number of rotatable bonds is 8. The number of amides is 4. The number of nitrogens with one attached hydrogen (secondary N) is 2. The van der Waals surface area contributed by atoms with Crippen molar-refractivity contribution in [2.45, 2.75) is 62.0 Å². The number of thioether (sulfide) groups is 1. The second kappa shape index (κ2) is 12.1. The van der Waals surface area contributed by atoms with Gasteiger partial charge in [-0.3, -0.25) is 29.7 Å². The fourth-order valence-corrected chi connectivity index (χ4v) is 6.24. The van der Waals surface area contributed by atoms with E-state index in [9.17, 15) is 14.4 Å². The zero-order chi connectivity index (χ0) is 28.3. The molecule has 40 heavy (non-hydrogen) atoms. The number of nitrogens with zero attached hydrogens (tertiary/aromatic N) is 5. The molecule has 0 aromatic carbocycles. The van der Waals surface area contributed by atoms with Crippen LogP contribution in [0.2, 0.25) is 0 Å². The standard InChI is InChI=1S/C27H33N7O4S2/c1-27(2,3)20-13-29-22(38-20)16-39-23-14-30-25(40-23)32-24(36)17-6-9-33(10-7-17)15-18-4-5-19(12-28-18)34-11-8-21(35)31-26(34)37/h4-5,12-14,17H,6-11,15-16H2,1-3H3,(H,30,32,36)(H,31,35,37). The van der Waals surface area contributed by atoms with Crippen LogP contribution < -0.4 is 15.5 Å². The van der Waals surface area contributed by atoms with Crippen molar-refractivity contribution >= 4 is 51.8 Å². The van der Waals surface area contributed by atoms with E-state index in [2.05, 4.69) is 51.3 Å². The van der Waals surface area contributed by atoms with Gasteiger partial charge in [-0.05, 0) is 38.1 Å². The molecule has 2 aliphatic rings. The fraction of sp³-hybridized carbons (Fsp3) is 0.481. The number of carbonyl (C=O) groups excluding carboxylic acids is 3. The van der Waals surface area contributed by atoms with Crippen molar-refractivity contribution < 1.29 is 18.8 Å². The van der Waals surface area contributed by atoms with Crippen molar-refractivity contribution in [1.29, 1.82) is 0 Å². The first-order chi connectivity index (χ1) is 19.1. The maximum atomic E-state index is 12.9. The van der Waals surface area contributed by atoms with Crippen LogP contribution in [0.4, 0.5) is 15.6 Å². The van der Waals surface area contributed by atoms with E-state index in [1.165, 1.54) is 16.2 Å². The SMILES string of the molecule is CC(C)(C)c1cnc(CSc2cnc(NC(=O)C3CCN(Cc4ccc(N5CCC(=O)NC5=O)cn4)CC3)s2)o1. The van der Waals surface area contributed by atoms with Gasteiger partial charge in [-0.2, -0.15) is 0 Å². The predicted molar refractivity (Wildman–Crippen MR) is 153 cm³/mol. The number of anilines is 2. The Balaban J connectivity index is 1.05. The number of imide groups is 1. The highest BCUT2D eigenvalue weighted by Crippen LogP contribution is 2.32. The van der Waals surface area contributed by atoms with Gasteiger partial charge in [-0.25, -0.2) is 14.8 Å². The van der Waals surface area contributed by atoms with Gasteiger partial charge >= 0.3 is 6.03 Å². The minimum Gasteiger partial charge on any atom is -0.444 e. The van der Waals surface area contributed by atoms with Crippen molar-refractivity contribution in [2.24, 2.45) is 5.92 Å². The molecule has 212 valence electrons. The lowest BCUT2D eigenvalue weighted by Gasteiger charge is -2.31. The second-order valence-corrected chi connectivity index (χ2v) is 13.2. The number of pyridine rings is 1. The number of thiazole rings is 1. The van der Waals surface area contributed by atoms with E-state index in [-0.39, 0.29) is 29.6 Å². The predicted octanol–water partition coefficient (Wildman–Crippen LogP) is 4.41. The number of likely N-dealkylation sites (tertiary alicyclic amines) is 1. The second-order valence-electron chi connectivity index (χ2n) is 10.9. The average Bonchev–Trinajstić information content (AvgIpc) is 3.58. The lowest BCUT2D eigenvalue weighted by Crippen LogP contribution is -2.49. The first kappa shape index (κ1) is 28.2. The first-order valence-electron chi connectivity index (χ1n) is 13.3. The van der Waals surface area contributed by atoms with Gasteiger partial charge in [0.25, 0.3) is 0 Å². The van der Waals surface area contributed by atoms with Gasteiger partial charge in [0.1, 0.15) is 5.76 Å². The molecule has 2 fully saturated rings. The highest BCUT2D eigenvalue weighted by atomic mass is 32.2. The fourth-order valence-electron chi connectivity index (χ4n) is 4.51. The summed E-state index contributed by atoms with van der Waals surface area (Å²) in [4.78, 5) is 53.3. The van der Waals surface area contributed by atoms with E-state index < -0.39 is 6.03 Å². The molecule has 2 N–H and O–H groups in total. The minimum absolute atomic E-state index is 0.00818.